The molecule has 1 heterocycles. The molecule has 1 aromatic rings. The summed E-state index contributed by atoms with van der Waals surface area (Å²) in [5.41, 5.74) is 1.03. The van der Waals surface area contributed by atoms with Crippen LogP contribution in [0, 0.1) is 5.92 Å². The lowest BCUT2D eigenvalue weighted by Crippen LogP contribution is -2.20. The molecule has 1 atom stereocenters. The van der Waals surface area contributed by atoms with Crippen LogP contribution in [0.15, 0.2) is 18.2 Å². The lowest BCUT2D eigenvalue weighted by Gasteiger charge is -2.19. The molecule has 4 heteroatoms. The summed E-state index contributed by atoms with van der Waals surface area (Å²) in [6.45, 7) is 2.79. The predicted molar refractivity (Wildman–Crippen MR) is 65.3 cm³/mol. The third-order valence-electron chi connectivity index (χ3n) is 2.98. The monoisotopic (exact) mass is 241 g/mol. The lowest BCUT2D eigenvalue weighted by molar-refractivity contribution is 0.161. The van der Waals surface area contributed by atoms with Crippen LogP contribution in [0.4, 0.5) is 5.69 Å². The van der Waals surface area contributed by atoms with Crippen LogP contribution in [0.1, 0.15) is 6.42 Å². The van der Waals surface area contributed by atoms with Gasteiger partial charge in [-0.05, 0) is 18.6 Å². The summed E-state index contributed by atoms with van der Waals surface area (Å²) in [6, 6.07) is 5.39. The van der Waals surface area contributed by atoms with Gasteiger partial charge in [-0.1, -0.05) is 11.6 Å². The molecular formula is C12H16ClNO2. The number of phenolic OH excluding ortho intramolecular Hbond substituents is 1. The number of benzene rings is 1. The minimum Gasteiger partial charge on any atom is -0.506 e. The first-order valence-electron chi connectivity index (χ1n) is 5.43. The SMILES string of the molecule is COCC1CCN(c2ccc(Cl)c(O)c2)C1. The summed E-state index contributed by atoms with van der Waals surface area (Å²) in [5.74, 6) is 0.733. The van der Waals surface area contributed by atoms with E-state index in [1.165, 1.54) is 0 Å². The first-order valence-corrected chi connectivity index (χ1v) is 5.81. The Morgan fingerprint density at radius 1 is 1.56 bits per heavy atom. The van der Waals surface area contributed by atoms with E-state index in [1.807, 2.05) is 6.07 Å². The standard InChI is InChI=1S/C12H16ClNO2/c1-16-8-9-4-5-14(7-9)10-2-3-11(13)12(15)6-10/h2-3,6,9,15H,4-5,7-8H2,1H3. The van der Waals surface area contributed by atoms with Crippen molar-refractivity contribution in [1.82, 2.24) is 0 Å². The number of halogens is 1. The van der Waals surface area contributed by atoms with Crippen LogP contribution in [-0.2, 0) is 4.74 Å². The van der Waals surface area contributed by atoms with Crippen molar-refractivity contribution in [2.24, 2.45) is 5.92 Å². The highest BCUT2D eigenvalue weighted by Crippen LogP contribution is 2.31. The van der Waals surface area contributed by atoms with Crippen molar-refractivity contribution in [2.75, 3.05) is 31.7 Å². The summed E-state index contributed by atoms with van der Waals surface area (Å²) in [6.07, 6.45) is 1.14. The maximum atomic E-state index is 9.55. The zero-order valence-corrected chi connectivity index (χ0v) is 10.1. The molecule has 1 fully saturated rings. The second kappa shape index (κ2) is 4.93. The van der Waals surface area contributed by atoms with Crippen LogP contribution in [0.3, 0.4) is 0 Å². The summed E-state index contributed by atoms with van der Waals surface area (Å²) < 4.78 is 5.16. The molecule has 1 aliphatic heterocycles. The average molecular weight is 242 g/mol. The number of nitrogens with zero attached hydrogens (tertiary/aromatic N) is 1. The Morgan fingerprint density at radius 2 is 2.38 bits per heavy atom. The Hall–Kier alpha value is -0.930. The van der Waals surface area contributed by atoms with Crippen molar-refractivity contribution >= 4 is 17.3 Å². The van der Waals surface area contributed by atoms with E-state index in [-0.39, 0.29) is 5.75 Å². The van der Waals surface area contributed by atoms with Crippen LogP contribution < -0.4 is 4.90 Å². The minimum atomic E-state index is 0.148. The van der Waals surface area contributed by atoms with Gasteiger partial charge in [-0.15, -0.1) is 0 Å². The topological polar surface area (TPSA) is 32.7 Å². The van der Waals surface area contributed by atoms with E-state index in [2.05, 4.69) is 4.90 Å². The Bertz CT molecular complexity index is 370. The van der Waals surface area contributed by atoms with Crippen molar-refractivity contribution in [1.29, 1.82) is 0 Å². The molecule has 1 aromatic carbocycles. The van der Waals surface area contributed by atoms with Gasteiger partial charge in [0.15, 0.2) is 0 Å². The largest absolute Gasteiger partial charge is 0.506 e. The van der Waals surface area contributed by atoms with E-state index in [1.54, 1.807) is 19.2 Å². The highest BCUT2D eigenvalue weighted by Gasteiger charge is 2.22. The number of ether oxygens (including phenoxy) is 1. The molecule has 1 saturated heterocycles. The first-order chi connectivity index (χ1) is 7.70. The molecule has 3 nitrogen and oxygen atoms in total. The van der Waals surface area contributed by atoms with Gasteiger partial charge in [-0.3, -0.25) is 0 Å². The third-order valence-corrected chi connectivity index (χ3v) is 3.30. The van der Waals surface area contributed by atoms with Gasteiger partial charge >= 0.3 is 0 Å². The fraction of sp³-hybridized carbons (Fsp3) is 0.500. The Balaban J connectivity index is 2.05. The molecule has 0 aliphatic carbocycles. The minimum absolute atomic E-state index is 0.148. The van der Waals surface area contributed by atoms with Crippen molar-refractivity contribution in [3.8, 4) is 5.75 Å². The fourth-order valence-corrected chi connectivity index (χ4v) is 2.25. The van der Waals surface area contributed by atoms with E-state index >= 15 is 0 Å². The molecule has 2 rings (SSSR count). The summed E-state index contributed by atoms with van der Waals surface area (Å²) in [7, 11) is 1.73. The molecule has 0 bridgehead atoms. The highest BCUT2D eigenvalue weighted by atomic mass is 35.5. The van der Waals surface area contributed by atoms with Crippen molar-refractivity contribution in [3.63, 3.8) is 0 Å². The van der Waals surface area contributed by atoms with Crippen LogP contribution >= 0.6 is 11.6 Å². The molecular weight excluding hydrogens is 226 g/mol. The zero-order valence-electron chi connectivity index (χ0n) is 9.32. The Kier molecular flexibility index (Phi) is 3.56. The highest BCUT2D eigenvalue weighted by molar-refractivity contribution is 6.32. The second-order valence-corrected chi connectivity index (χ2v) is 4.60. The molecule has 1 N–H and O–H groups in total. The lowest BCUT2D eigenvalue weighted by atomic mass is 10.1. The van der Waals surface area contributed by atoms with E-state index in [4.69, 9.17) is 16.3 Å². The van der Waals surface area contributed by atoms with Crippen molar-refractivity contribution in [3.05, 3.63) is 23.2 Å². The molecule has 1 unspecified atom stereocenters. The smallest absolute Gasteiger partial charge is 0.136 e. The summed E-state index contributed by atoms with van der Waals surface area (Å²) in [4.78, 5) is 2.25. The van der Waals surface area contributed by atoms with Crippen molar-refractivity contribution < 1.29 is 9.84 Å². The maximum Gasteiger partial charge on any atom is 0.136 e. The van der Waals surface area contributed by atoms with Gasteiger partial charge in [-0.2, -0.15) is 0 Å². The molecule has 0 aromatic heterocycles. The number of aromatic hydroxyl groups is 1. The Morgan fingerprint density at radius 3 is 3.06 bits per heavy atom. The third kappa shape index (κ3) is 2.42. The maximum absolute atomic E-state index is 9.55. The first kappa shape index (κ1) is 11.6. The molecule has 0 amide bonds. The molecule has 0 spiro atoms. The summed E-state index contributed by atoms with van der Waals surface area (Å²) >= 11 is 5.78. The van der Waals surface area contributed by atoms with Crippen LogP contribution in [0.2, 0.25) is 5.02 Å². The Labute approximate surface area is 101 Å². The quantitative estimate of drug-likeness (QED) is 0.883. The molecule has 88 valence electrons. The van der Waals surface area contributed by atoms with Crippen LogP contribution in [-0.4, -0.2) is 31.9 Å². The average Bonchev–Trinajstić information content (AvgIpc) is 2.71. The summed E-state index contributed by atoms with van der Waals surface area (Å²) in [5, 5.41) is 9.95. The van der Waals surface area contributed by atoms with Gasteiger partial charge in [0.2, 0.25) is 0 Å². The fourth-order valence-electron chi connectivity index (χ4n) is 2.14. The predicted octanol–water partition coefficient (Wildman–Crippen LogP) is 2.52. The van der Waals surface area contributed by atoms with Gasteiger partial charge in [-0.25, -0.2) is 0 Å². The van der Waals surface area contributed by atoms with E-state index in [0.717, 1.165) is 31.8 Å². The molecule has 16 heavy (non-hydrogen) atoms. The second-order valence-electron chi connectivity index (χ2n) is 4.19. The normalized spacial score (nSPS) is 20.4. The van der Waals surface area contributed by atoms with E-state index in [0.29, 0.717) is 10.9 Å². The van der Waals surface area contributed by atoms with E-state index < -0.39 is 0 Å². The van der Waals surface area contributed by atoms with Gasteiger partial charge in [0, 0.05) is 37.9 Å². The number of rotatable bonds is 3. The van der Waals surface area contributed by atoms with Gasteiger partial charge in [0.25, 0.3) is 0 Å². The van der Waals surface area contributed by atoms with Gasteiger partial charge in [0.1, 0.15) is 5.75 Å². The number of hydrogen-bond acceptors (Lipinski definition) is 3. The van der Waals surface area contributed by atoms with Gasteiger partial charge in [0.05, 0.1) is 11.6 Å². The number of phenols is 1. The zero-order chi connectivity index (χ0) is 11.5. The molecule has 0 saturated carbocycles. The van der Waals surface area contributed by atoms with Gasteiger partial charge < -0.3 is 14.7 Å². The molecule has 1 aliphatic rings. The number of anilines is 1. The van der Waals surface area contributed by atoms with Crippen LogP contribution in [0.5, 0.6) is 5.75 Å². The van der Waals surface area contributed by atoms with E-state index in [9.17, 15) is 5.11 Å². The molecule has 0 radical (unpaired) electrons. The number of methoxy groups -OCH3 is 1. The van der Waals surface area contributed by atoms with Crippen molar-refractivity contribution in [2.45, 2.75) is 6.42 Å². The number of hydrogen-bond donors (Lipinski definition) is 1. The van der Waals surface area contributed by atoms with Crippen LogP contribution in [0.25, 0.3) is 0 Å².